The molecular formula is C15H26F2N2O. The van der Waals surface area contributed by atoms with Gasteiger partial charge >= 0.3 is 0 Å². The van der Waals surface area contributed by atoms with E-state index >= 15 is 0 Å². The lowest BCUT2D eigenvalue weighted by molar-refractivity contribution is -0.129. The van der Waals surface area contributed by atoms with Gasteiger partial charge < -0.3 is 10.6 Å². The molecule has 5 heteroatoms. The molecule has 0 radical (unpaired) electrons. The summed E-state index contributed by atoms with van der Waals surface area (Å²) in [4.78, 5) is 12.1. The molecule has 2 unspecified atom stereocenters. The maximum Gasteiger partial charge on any atom is 0.248 e. The van der Waals surface area contributed by atoms with Gasteiger partial charge in [0.25, 0.3) is 0 Å². The molecule has 116 valence electrons. The predicted octanol–water partition coefficient (Wildman–Crippen LogP) is 2.71. The standard InChI is InChI=1S/C15H26F2N2O/c1-2-11-4-3-9-18-13(11)10-19-14(20)12-5-7-15(16,17)8-6-12/h11-13,18H,2-10H2,1H3,(H,19,20). The van der Waals surface area contributed by atoms with Crippen LogP contribution in [0.3, 0.4) is 0 Å². The van der Waals surface area contributed by atoms with Crippen LogP contribution in [0.2, 0.25) is 0 Å². The SMILES string of the molecule is CCC1CCCNC1CNC(=O)C1CCC(F)(F)CC1. The minimum absolute atomic E-state index is 0.0391. The average molecular weight is 288 g/mol. The van der Waals surface area contributed by atoms with E-state index in [-0.39, 0.29) is 24.7 Å². The molecule has 2 fully saturated rings. The molecule has 2 aliphatic rings. The summed E-state index contributed by atoms with van der Waals surface area (Å²) in [5.41, 5.74) is 0. The molecule has 3 nitrogen and oxygen atoms in total. The molecule has 2 atom stereocenters. The molecule has 1 aliphatic carbocycles. The van der Waals surface area contributed by atoms with Gasteiger partial charge in [-0.05, 0) is 38.1 Å². The maximum atomic E-state index is 13.1. The Morgan fingerprint density at radius 2 is 2.00 bits per heavy atom. The van der Waals surface area contributed by atoms with Crippen molar-refractivity contribution >= 4 is 5.91 Å². The van der Waals surface area contributed by atoms with E-state index in [1.54, 1.807) is 0 Å². The Labute approximate surface area is 119 Å². The highest BCUT2D eigenvalue weighted by atomic mass is 19.3. The van der Waals surface area contributed by atoms with Crippen LogP contribution in [0.5, 0.6) is 0 Å². The van der Waals surface area contributed by atoms with Crippen molar-refractivity contribution in [2.45, 2.75) is 63.8 Å². The van der Waals surface area contributed by atoms with Crippen LogP contribution in [0.15, 0.2) is 0 Å². The Bertz CT molecular complexity index is 326. The van der Waals surface area contributed by atoms with Crippen molar-refractivity contribution in [3.8, 4) is 0 Å². The van der Waals surface area contributed by atoms with Crippen LogP contribution < -0.4 is 10.6 Å². The lowest BCUT2D eigenvalue weighted by Crippen LogP contribution is -2.49. The second-order valence-electron chi connectivity index (χ2n) is 6.25. The quantitative estimate of drug-likeness (QED) is 0.835. The highest BCUT2D eigenvalue weighted by molar-refractivity contribution is 5.78. The van der Waals surface area contributed by atoms with Gasteiger partial charge in [-0.15, -0.1) is 0 Å². The fourth-order valence-electron chi connectivity index (χ4n) is 3.40. The first kappa shape index (κ1) is 15.7. The van der Waals surface area contributed by atoms with E-state index in [0.29, 0.717) is 31.3 Å². The predicted molar refractivity (Wildman–Crippen MR) is 74.7 cm³/mol. The number of rotatable bonds is 4. The lowest BCUT2D eigenvalue weighted by Gasteiger charge is -2.33. The number of carbonyl (C=O) groups is 1. The van der Waals surface area contributed by atoms with Gasteiger partial charge in [0.05, 0.1) is 0 Å². The molecule has 0 spiro atoms. The summed E-state index contributed by atoms with van der Waals surface area (Å²) in [6.07, 6.45) is 3.85. The molecule has 0 aromatic heterocycles. The third kappa shape index (κ3) is 4.14. The molecule has 2 rings (SSSR count). The van der Waals surface area contributed by atoms with Crippen molar-refractivity contribution in [1.29, 1.82) is 0 Å². The lowest BCUT2D eigenvalue weighted by atomic mass is 9.85. The minimum atomic E-state index is -2.56. The highest BCUT2D eigenvalue weighted by Crippen LogP contribution is 2.36. The van der Waals surface area contributed by atoms with Crippen molar-refractivity contribution in [2.75, 3.05) is 13.1 Å². The summed E-state index contributed by atoms with van der Waals surface area (Å²) < 4.78 is 26.1. The van der Waals surface area contributed by atoms with Gasteiger partial charge in [0.15, 0.2) is 0 Å². The fraction of sp³-hybridized carbons (Fsp3) is 0.933. The van der Waals surface area contributed by atoms with Crippen LogP contribution in [-0.2, 0) is 4.79 Å². The first-order chi connectivity index (χ1) is 9.52. The topological polar surface area (TPSA) is 41.1 Å². The summed E-state index contributed by atoms with van der Waals surface area (Å²) in [7, 11) is 0. The van der Waals surface area contributed by atoms with Gasteiger partial charge in [0, 0.05) is 31.3 Å². The molecule has 0 bridgehead atoms. The van der Waals surface area contributed by atoms with Crippen LogP contribution >= 0.6 is 0 Å². The van der Waals surface area contributed by atoms with Gasteiger partial charge in [-0.1, -0.05) is 13.3 Å². The molecule has 1 amide bonds. The third-order valence-corrected chi connectivity index (χ3v) is 4.84. The number of nitrogens with one attached hydrogen (secondary N) is 2. The molecular weight excluding hydrogens is 262 g/mol. The summed E-state index contributed by atoms with van der Waals surface area (Å²) in [5, 5.41) is 6.42. The molecule has 1 heterocycles. The van der Waals surface area contributed by atoms with Crippen LogP contribution in [-0.4, -0.2) is 31.0 Å². The summed E-state index contributed by atoms with van der Waals surface area (Å²) >= 11 is 0. The van der Waals surface area contributed by atoms with E-state index in [2.05, 4.69) is 17.6 Å². The first-order valence-corrected chi connectivity index (χ1v) is 7.91. The van der Waals surface area contributed by atoms with Crippen LogP contribution in [0, 0.1) is 11.8 Å². The average Bonchev–Trinajstić information content (AvgIpc) is 2.45. The Balaban J connectivity index is 1.74. The number of piperidine rings is 1. The van der Waals surface area contributed by atoms with Crippen LogP contribution in [0.25, 0.3) is 0 Å². The summed E-state index contributed by atoms with van der Waals surface area (Å²) in [6, 6.07) is 0.336. The van der Waals surface area contributed by atoms with E-state index in [9.17, 15) is 13.6 Å². The van der Waals surface area contributed by atoms with Crippen molar-refractivity contribution in [1.82, 2.24) is 10.6 Å². The first-order valence-electron chi connectivity index (χ1n) is 7.91. The molecule has 1 saturated heterocycles. The number of amides is 1. The van der Waals surface area contributed by atoms with Gasteiger partial charge in [0.2, 0.25) is 11.8 Å². The normalized spacial score (nSPS) is 30.9. The van der Waals surface area contributed by atoms with Gasteiger partial charge in [-0.2, -0.15) is 0 Å². The molecule has 2 N–H and O–H groups in total. The zero-order valence-corrected chi connectivity index (χ0v) is 12.3. The Kier molecular flexibility index (Phi) is 5.35. The van der Waals surface area contributed by atoms with Gasteiger partial charge in [-0.25, -0.2) is 8.78 Å². The molecule has 0 aromatic rings. The van der Waals surface area contributed by atoms with Gasteiger partial charge in [-0.3, -0.25) is 4.79 Å². The van der Waals surface area contributed by atoms with E-state index < -0.39 is 5.92 Å². The maximum absolute atomic E-state index is 13.1. The van der Waals surface area contributed by atoms with E-state index in [1.807, 2.05) is 0 Å². The van der Waals surface area contributed by atoms with Gasteiger partial charge in [0.1, 0.15) is 0 Å². The van der Waals surface area contributed by atoms with E-state index in [0.717, 1.165) is 13.0 Å². The van der Waals surface area contributed by atoms with Crippen molar-refractivity contribution in [2.24, 2.45) is 11.8 Å². The second kappa shape index (κ2) is 6.83. The van der Waals surface area contributed by atoms with Crippen molar-refractivity contribution in [3.05, 3.63) is 0 Å². The number of hydrogen-bond donors (Lipinski definition) is 2. The number of alkyl halides is 2. The molecule has 0 aromatic carbocycles. The van der Waals surface area contributed by atoms with Crippen molar-refractivity contribution < 1.29 is 13.6 Å². The second-order valence-corrected chi connectivity index (χ2v) is 6.25. The van der Waals surface area contributed by atoms with E-state index in [4.69, 9.17) is 0 Å². The molecule has 20 heavy (non-hydrogen) atoms. The van der Waals surface area contributed by atoms with Crippen LogP contribution in [0.4, 0.5) is 8.78 Å². The fourth-order valence-corrected chi connectivity index (χ4v) is 3.40. The number of carbonyl (C=O) groups excluding carboxylic acids is 1. The largest absolute Gasteiger partial charge is 0.354 e. The Morgan fingerprint density at radius 1 is 1.30 bits per heavy atom. The summed E-state index contributed by atoms with van der Waals surface area (Å²) in [6.45, 7) is 3.81. The van der Waals surface area contributed by atoms with Crippen LogP contribution in [0.1, 0.15) is 51.9 Å². The highest BCUT2D eigenvalue weighted by Gasteiger charge is 2.37. The minimum Gasteiger partial charge on any atom is -0.354 e. The van der Waals surface area contributed by atoms with Crippen molar-refractivity contribution in [3.63, 3.8) is 0 Å². The molecule has 1 aliphatic heterocycles. The number of hydrogen-bond acceptors (Lipinski definition) is 2. The zero-order valence-electron chi connectivity index (χ0n) is 12.3. The molecule has 1 saturated carbocycles. The smallest absolute Gasteiger partial charge is 0.248 e. The monoisotopic (exact) mass is 288 g/mol. The Hall–Kier alpha value is -0.710. The third-order valence-electron chi connectivity index (χ3n) is 4.84. The Morgan fingerprint density at radius 3 is 2.65 bits per heavy atom. The zero-order chi connectivity index (χ0) is 14.6. The summed E-state index contributed by atoms with van der Waals surface area (Å²) in [5.74, 6) is -2.21. The number of halogens is 2. The van der Waals surface area contributed by atoms with E-state index in [1.165, 1.54) is 12.8 Å².